The maximum atomic E-state index is 12.2. The van der Waals surface area contributed by atoms with Gasteiger partial charge in [-0.05, 0) is 18.2 Å². The summed E-state index contributed by atoms with van der Waals surface area (Å²) in [5.74, 6) is -0.653. The number of carbonyl (C=O) groups is 2. The zero-order chi connectivity index (χ0) is 13.6. The molecule has 0 bridgehead atoms. The van der Waals surface area contributed by atoms with Gasteiger partial charge < -0.3 is 5.73 Å². The van der Waals surface area contributed by atoms with Crippen LogP contribution in [0.25, 0.3) is 0 Å². The number of fused-ring (bicyclic) bond motifs is 1. The Labute approximate surface area is 118 Å². The minimum absolute atomic E-state index is 0.225. The normalized spacial score (nSPS) is 14.1. The SMILES string of the molecule is Nc1cccc2c1C(=O)N(Cc1cc(Cl)cs1)C2=O. The molecule has 2 amide bonds. The second-order valence-electron chi connectivity index (χ2n) is 4.20. The maximum absolute atomic E-state index is 12.2. The first kappa shape index (κ1) is 12.2. The van der Waals surface area contributed by atoms with Gasteiger partial charge in [-0.15, -0.1) is 11.3 Å². The van der Waals surface area contributed by atoms with Gasteiger partial charge in [0, 0.05) is 15.9 Å². The third kappa shape index (κ3) is 1.91. The lowest BCUT2D eigenvalue weighted by Gasteiger charge is -2.12. The summed E-state index contributed by atoms with van der Waals surface area (Å²) in [4.78, 5) is 26.5. The summed E-state index contributed by atoms with van der Waals surface area (Å²) in [6, 6.07) is 6.66. The Kier molecular flexibility index (Phi) is 2.80. The number of imide groups is 1. The third-order valence-corrected chi connectivity index (χ3v) is 4.24. The summed E-state index contributed by atoms with van der Waals surface area (Å²) < 4.78 is 0. The Morgan fingerprint density at radius 3 is 2.68 bits per heavy atom. The highest BCUT2D eigenvalue weighted by Gasteiger charge is 2.37. The first-order valence-corrected chi connectivity index (χ1v) is 6.81. The van der Waals surface area contributed by atoms with E-state index < -0.39 is 0 Å². The Bertz CT molecular complexity index is 696. The van der Waals surface area contributed by atoms with Crippen molar-refractivity contribution in [2.45, 2.75) is 6.54 Å². The first-order valence-electron chi connectivity index (χ1n) is 5.55. The molecule has 0 saturated carbocycles. The molecule has 4 nitrogen and oxygen atoms in total. The average molecular weight is 293 g/mol. The van der Waals surface area contributed by atoms with Crippen molar-refractivity contribution in [3.63, 3.8) is 0 Å². The number of carbonyl (C=O) groups excluding carboxylic acids is 2. The van der Waals surface area contributed by atoms with Crippen LogP contribution in [0.15, 0.2) is 29.6 Å². The summed E-state index contributed by atoms with van der Waals surface area (Å²) in [6.07, 6.45) is 0. The van der Waals surface area contributed by atoms with E-state index in [2.05, 4.69) is 0 Å². The zero-order valence-electron chi connectivity index (χ0n) is 9.72. The molecule has 0 atom stereocenters. The minimum atomic E-state index is -0.345. The van der Waals surface area contributed by atoms with E-state index in [0.29, 0.717) is 21.8 Å². The van der Waals surface area contributed by atoms with E-state index in [1.165, 1.54) is 16.2 Å². The lowest BCUT2D eigenvalue weighted by Crippen LogP contribution is -2.28. The molecule has 0 radical (unpaired) electrons. The molecule has 3 rings (SSSR count). The maximum Gasteiger partial charge on any atom is 0.263 e. The van der Waals surface area contributed by atoms with Gasteiger partial charge in [-0.25, -0.2) is 0 Å². The summed E-state index contributed by atoms with van der Waals surface area (Å²) in [5.41, 5.74) is 6.77. The number of anilines is 1. The number of nitrogens with two attached hydrogens (primary N) is 1. The number of hydrogen-bond acceptors (Lipinski definition) is 4. The van der Waals surface area contributed by atoms with Gasteiger partial charge in [-0.3, -0.25) is 14.5 Å². The molecule has 1 aromatic carbocycles. The van der Waals surface area contributed by atoms with Gasteiger partial charge in [-0.2, -0.15) is 0 Å². The van der Waals surface area contributed by atoms with Crippen molar-refractivity contribution in [1.29, 1.82) is 0 Å². The number of thiophene rings is 1. The molecule has 2 aromatic rings. The van der Waals surface area contributed by atoms with Crippen molar-refractivity contribution >= 4 is 40.4 Å². The molecule has 1 aromatic heterocycles. The fourth-order valence-electron chi connectivity index (χ4n) is 2.10. The lowest BCUT2D eigenvalue weighted by atomic mass is 10.1. The van der Waals surface area contributed by atoms with Crippen LogP contribution in [0, 0.1) is 0 Å². The van der Waals surface area contributed by atoms with E-state index >= 15 is 0 Å². The molecule has 0 unspecified atom stereocenters. The van der Waals surface area contributed by atoms with E-state index in [-0.39, 0.29) is 18.4 Å². The van der Waals surface area contributed by atoms with Crippen LogP contribution in [0.3, 0.4) is 0 Å². The van der Waals surface area contributed by atoms with Gasteiger partial charge in [0.05, 0.1) is 22.7 Å². The van der Waals surface area contributed by atoms with Crippen molar-refractivity contribution in [2.24, 2.45) is 0 Å². The molecular formula is C13H9ClN2O2S. The second kappa shape index (κ2) is 4.36. The molecular weight excluding hydrogens is 284 g/mol. The lowest BCUT2D eigenvalue weighted by molar-refractivity contribution is 0.0644. The smallest absolute Gasteiger partial charge is 0.263 e. The van der Waals surface area contributed by atoms with Gasteiger partial charge in [0.1, 0.15) is 0 Å². The van der Waals surface area contributed by atoms with E-state index in [4.69, 9.17) is 17.3 Å². The molecule has 2 heterocycles. The molecule has 96 valence electrons. The Morgan fingerprint density at radius 2 is 2.05 bits per heavy atom. The van der Waals surface area contributed by atoms with Crippen LogP contribution >= 0.6 is 22.9 Å². The van der Waals surface area contributed by atoms with Crippen LogP contribution < -0.4 is 5.73 Å². The van der Waals surface area contributed by atoms with Gasteiger partial charge in [0.15, 0.2) is 0 Å². The number of hydrogen-bond donors (Lipinski definition) is 1. The standard InChI is InChI=1S/C13H9ClN2O2S/c14-7-4-8(19-6-7)5-16-12(17)9-2-1-3-10(15)11(9)13(16)18/h1-4,6H,5,15H2. The highest BCUT2D eigenvalue weighted by molar-refractivity contribution is 7.10. The van der Waals surface area contributed by atoms with Crippen molar-refractivity contribution < 1.29 is 9.59 Å². The van der Waals surface area contributed by atoms with Gasteiger partial charge >= 0.3 is 0 Å². The first-order chi connectivity index (χ1) is 9.08. The zero-order valence-corrected chi connectivity index (χ0v) is 11.3. The van der Waals surface area contributed by atoms with E-state index in [9.17, 15) is 9.59 Å². The van der Waals surface area contributed by atoms with E-state index in [0.717, 1.165) is 4.88 Å². The number of benzene rings is 1. The van der Waals surface area contributed by atoms with Gasteiger partial charge in [0.2, 0.25) is 0 Å². The molecule has 19 heavy (non-hydrogen) atoms. The molecule has 1 aliphatic heterocycles. The predicted octanol–water partition coefficient (Wildman–Crippen LogP) is 2.78. The monoisotopic (exact) mass is 292 g/mol. The summed E-state index contributed by atoms with van der Waals surface area (Å²) in [5, 5.41) is 2.37. The number of halogens is 1. The molecule has 0 fully saturated rings. The second-order valence-corrected chi connectivity index (χ2v) is 5.63. The van der Waals surface area contributed by atoms with E-state index in [1.807, 2.05) is 0 Å². The quantitative estimate of drug-likeness (QED) is 0.684. The van der Waals surface area contributed by atoms with Crippen LogP contribution in [0.2, 0.25) is 5.02 Å². The van der Waals surface area contributed by atoms with Crippen molar-refractivity contribution in [1.82, 2.24) is 4.90 Å². The molecule has 2 N–H and O–H groups in total. The molecule has 0 saturated heterocycles. The van der Waals surface area contributed by atoms with Crippen LogP contribution in [0.4, 0.5) is 5.69 Å². The minimum Gasteiger partial charge on any atom is -0.398 e. The van der Waals surface area contributed by atoms with Gasteiger partial charge in [-0.1, -0.05) is 17.7 Å². The molecule has 0 aliphatic carbocycles. The summed E-state index contributed by atoms with van der Waals surface area (Å²) >= 11 is 7.25. The predicted molar refractivity (Wildman–Crippen MR) is 74.4 cm³/mol. The van der Waals surface area contributed by atoms with Crippen LogP contribution in [-0.2, 0) is 6.54 Å². The summed E-state index contributed by atoms with van der Waals surface area (Å²) in [6.45, 7) is 0.225. The largest absolute Gasteiger partial charge is 0.398 e. The fourth-order valence-corrected chi connectivity index (χ4v) is 3.16. The van der Waals surface area contributed by atoms with Crippen LogP contribution in [-0.4, -0.2) is 16.7 Å². The topological polar surface area (TPSA) is 63.4 Å². The number of nitrogens with zero attached hydrogens (tertiary/aromatic N) is 1. The highest BCUT2D eigenvalue weighted by atomic mass is 35.5. The van der Waals surface area contributed by atoms with Gasteiger partial charge in [0.25, 0.3) is 11.8 Å². The molecule has 1 aliphatic rings. The number of nitrogen functional groups attached to an aromatic ring is 1. The van der Waals surface area contributed by atoms with Crippen molar-refractivity contribution in [2.75, 3.05) is 5.73 Å². The Hall–Kier alpha value is -1.85. The number of rotatable bonds is 2. The Balaban J connectivity index is 1.97. The molecule has 0 spiro atoms. The van der Waals surface area contributed by atoms with E-state index in [1.54, 1.807) is 29.6 Å². The highest BCUT2D eigenvalue weighted by Crippen LogP contribution is 2.30. The average Bonchev–Trinajstić information content (AvgIpc) is 2.88. The van der Waals surface area contributed by atoms with Crippen molar-refractivity contribution in [3.05, 3.63) is 50.7 Å². The summed E-state index contributed by atoms with van der Waals surface area (Å²) in [7, 11) is 0. The molecule has 6 heteroatoms. The fraction of sp³-hybridized carbons (Fsp3) is 0.0769. The van der Waals surface area contributed by atoms with Crippen LogP contribution in [0.5, 0.6) is 0 Å². The van der Waals surface area contributed by atoms with Crippen LogP contribution in [0.1, 0.15) is 25.6 Å². The Morgan fingerprint density at radius 1 is 1.26 bits per heavy atom. The number of amides is 2. The van der Waals surface area contributed by atoms with Crippen molar-refractivity contribution in [3.8, 4) is 0 Å². The third-order valence-electron chi connectivity index (χ3n) is 2.97.